The van der Waals surface area contributed by atoms with Crippen molar-refractivity contribution < 1.29 is 9.59 Å². The van der Waals surface area contributed by atoms with Crippen molar-refractivity contribution in [1.82, 2.24) is 10.2 Å². The highest BCUT2D eigenvalue weighted by atomic mass is 16.2. The Morgan fingerprint density at radius 2 is 1.94 bits per heavy atom. The van der Waals surface area contributed by atoms with Crippen LogP contribution in [-0.4, -0.2) is 35.8 Å². The summed E-state index contributed by atoms with van der Waals surface area (Å²) in [5.41, 5.74) is 0.214. The number of nitrogens with zero attached hydrogens (tertiary/aromatic N) is 1. The zero-order valence-corrected chi connectivity index (χ0v) is 10.8. The van der Waals surface area contributed by atoms with Crippen molar-refractivity contribution in [2.45, 2.75) is 52.0 Å². The smallest absolute Gasteiger partial charge is 0.245 e. The maximum absolute atomic E-state index is 12.0. The summed E-state index contributed by atoms with van der Waals surface area (Å²) in [7, 11) is 0. The van der Waals surface area contributed by atoms with Crippen LogP contribution in [0.25, 0.3) is 0 Å². The highest BCUT2D eigenvalue weighted by molar-refractivity contribution is 5.94. The number of piperazine rings is 1. The molecule has 0 aromatic carbocycles. The molecule has 4 heteroatoms. The van der Waals surface area contributed by atoms with Crippen LogP contribution in [0.5, 0.6) is 0 Å². The van der Waals surface area contributed by atoms with Crippen molar-refractivity contribution in [2.24, 2.45) is 5.41 Å². The van der Waals surface area contributed by atoms with Gasteiger partial charge in [0.15, 0.2) is 0 Å². The lowest BCUT2D eigenvalue weighted by Crippen LogP contribution is -2.58. The lowest BCUT2D eigenvalue weighted by atomic mass is 9.75. The molecule has 1 aliphatic heterocycles. The average molecular weight is 238 g/mol. The number of nitrogens with one attached hydrogen (secondary N) is 1. The van der Waals surface area contributed by atoms with Gasteiger partial charge in [-0.25, -0.2) is 0 Å². The van der Waals surface area contributed by atoms with Crippen LogP contribution in [0.1, 0.15) is 46.0 Å². The molecule has 0 bridgehead atoms. The number of carbonyl (C=O) groups is 2. The van der Waals surface area contributed by atoms with Gasteiger partial charge < -0.3 is 10.2 Å². The van der Waals surface area contributed by atoms with E-state index in [4.69, 9.17) is 0 Å². The van der Waals surface area contributed by atoms with E-state index in [1.54, 1.807) is 11.8 Å². The minimum absolute atomic E-state index is 0.0310. The van der Waals surface area contributed by atoms with Crippen LogP contribution >= 0.6 is 0 Å². The maximum atomic E-state index is 12.0. The topological polar surface area (TPSA) is 49.4 Å². The Labute approximate surface area is 103 Å². The van der Waals surface area contributed by atoms with Gasteiger partial charge in [0.25, 0.3) is 0 Å². The van der Waals surface area contributed by atoms with E-state index >= 15 is 0 Å². The fraction of sp³-hybridized carbons (Fsp3) is 0.846. The van der Waals surface area contributed by atoms with Gasteiger partial charge in [-0.3, -0.25) is 9.59 Å². The SMILES string of the molecule is CC1NC(=O)CN(CC2(C)CCCCC2)C1=O. The van der Waals surface area contributed by atoms with Crippen molar-refractivity contribution in [3.05, 3.63) is 0 Å². The van der Waals surface area contributed by atoms with Gasteiger partial charge in [-0.1, -0.05) is 26.2 Å². The Hall–Kier alpha value is -1.06. The minimum atomic E-state index is -0.358. The van der Waals surface area contributed by atoms with E-state index in [2.05, 4.69) is 12.2 Å². The van der Waals surface area contributed by atoms with Gasteiger partial charge in [0.2, 0.25) is 11.8 Å². The lowest BCUT2D eigenvalue weighted by molar-refractivity contribution is -0.145. The van der Waals surface area contributed by atoms with Gasteiger partial charge in [-0.15, -0.1) is 0 Å². The maximum Gasteiger partial charge on any atom is 0.245 e. The summed E-state index contributed by atoms with van der Waals surface area (Å²) in [6, 6.07) is -0.358. The molecule has 2 aliphatic rings. The van der Waals surface area contributed by atoms with Gasteiger partial charge in [-0.05, 0) is 25.2 Å². The van der Waals surface area contributed by atoms with Crippen molar-refractivity contribution in [2.75, 3.05) is 13.1 Å². The first-order valence-corrected chi connectivity index (χ1v) is 6.58. The van der Waals surface area contributed by atoms with Crippen molar-refractivity contribution in [3.63, 3.8) is 0 Å². The van der Waals surface area contributed by atoms with Gasteiger partial charge in [0.05, 0.1) is 6.54 Å². The zero-order valence-electron chi connectivity index (χ0n) is 10.8. The number of rotatable bonds is 2. The second-order valence-corrected chi connectivity index (χ2v) is 5.85. The largest absolute Gasteiger partial charge is 0.343 e. The summed E-state index contributed by atoms with van der Waals surface area (Å²) in [6.07, 6.45) is 6.15. The molecule has 1 heterocycles. The molecule has 17 heavy (non-hydrogen) atoms. The number of amides is 2. The Balaban J connectivity index is 2.01. The predicted molar refractivity (Wildman–Crippen MR) is 65.4 cm³/mol. The van der Waals surface area contributed by atoms with E-state index < -0.39 is 0 Å². The monoisotopic (exact) mass is 238 g/mol. The van der Waals surface area contributed by atoms with E-state index in [1.807, 2.05) is 0 Å². The molecule has 2 amide bonds. The molecule has 0 radical (unpaired) electrons. The molecule has 1 aliphatic carbocycles. The van der Waals surface area contributed by atoms with Gasteiger partial charge >= 0.3 is 0 Å². The number of hydrogen-bond donors (Lipinski definition) is 1. The van der Waals surface area contributed by atoms with Crippen molar-refractivity contribution in [3.8, 4) is 0 Å². The van der Waals surface area contributed by atoms with E-state index in [0.717, 1.165) is 6.54 Å². The van der Waals surface area contributed by atoms with Crippen LogP contribution < -0.4 is 5.32 Å². The van der Waals surface area contributed by atoms with Gasteiger partial charge in [0.1, 0.15) is 6.04 Å². The van der Waals surface area contributed by atoms with Crippen LogP contribution in [0.3, 0.4) is 0 Å². The molecule has 1 saturated carbocycles. The molecule has 0 aromatic heterocycles. The highest BCUT2D eigenvalue weighted by Crippen LogP contribution is 2.36. The second-order valence-electron chi connectivity index (χ2n) is 5.85. The van der Waals surface area contributed by atoms with E-state index in [0.29, 0.717) is 0 Å². The molecule has 1 N–H and O–H groups in total. The summed E-state index contributed by atoms with van der Waals surface area (Å²) in [6.45, 7) is 4.98. The standard InChI is InChI=1S/C13H22N2O2/c1-10-12(17)15(8-11(16)14-10)9-13(2)6-4-3-5-7-13/h10H,3-9H2,1-2H3,(H,14,16). The summed E-state index contributed by atoms with van der Waals surface area (Å²) in [5.74, 6) is 0.0351. The molecule has 2 rings (SSSR count). The second kappa shape index (κ2) is 4.67. The average Bonchev–Trinajstić information content (AvgIpc) is 2.26. The molecule has 4 nitrogen and oxygen atoms in total. The molecular formula is C13H22N2O2. The first-order chi connectivity index (χ1) is 8.00. The summed E-state index contributed by atoms with van der Waals surface area (Å²) in [5, 5.41) is 2.68. The molecule has 1 unspecified atom stereocenters. The van der Waals surface area contributed by atoms with Gasteiger partial charge in [0, 0.05) is 6.54 Å². The van der Waals surface area contributed by atoms with Crippen molar-refractivity contribution >= 4 is 11.8 Å². The number of carbonyl (C=O) groups excluding carboxylic acids is 2. The molecule has 0 spiro atoms. The predicted octanol–water partition coefficient (Wildman–Crippen LogP) is 1.30. The minimum Gasteiger partial charge on any atom is -0.343 e. The van der Waals surface area contributed by atoms with Crippen LogP contribution in [-0.2, 0) is 9.59 Å². The molecule has 2 fully saturated rings. The normalized spacial score (nSPS) is 29.1. The fourth-order valence-electron chi connectivity index (χ4n) is 3.03. The third-order valence-electron chi connectivity index (χ3n) is 4.03. The van der Waals surface area contributed by atoms with Crippen LogP contribution in [0.15, 0.2) is 0 Å². The Morgan fingerprint density at radius 1 is 1.29 bits per heavy atom. The zero-order chi connectivity index (χ0) is 12.5. The van der Waals surface area contributed by atoms with Crippen LogP contribution in [0.2, 0.25) is 0 Å². The number of hydrogen-bond acceptors (Lipinski definition) is 2. The van der Waals surface area contributed by atoms with Crippen LogP contribution in [0, 0.1) is 5.41 Å². The fourth-order valence-corrected chi connectivity index (χ4v) is 3.03. The first kappa shape index (κ1) is 12.4. The highest BCUT2D eigenvalue weighted by Gasteiger charge is 2.35. The molecule has 0 aromatic rings. The Kier molecular flexibility index (Phi) is 3.40. The third kappa shape index (κ3) is 2.79. The van der Waals surface area contributed by atoms with Crippen LogP contribution in [0.4, 0.5) is 0 Å². The van der Waals surface area contributed by atoms with E-state index in [9.17, 15) is 9.59 Å². The molecular weight excluding hydrogens is 216 g/mol. The summed E-state index contributed by atoms with van der Waals surface area (Å²) < 4.78 is 0. The summed E-state index contributed by atoms with van der Waals surface area (Å²) in [4.78, 5) is 25.2. The summed E-state index contributed by atoms with van der Waals surface area (Å²) >= 11 is 0. The molecule has 96 valence electrons. The quantitative estimate of drug-likeness (QED) is 0.788. The first-order valence-electron chi connectivity index (χ1n) is 6.58. The van der Waals surface area contributed by atoms with Crippen molar-refractivity contribution in [1.29, 1.82) is 0 Å². The van der Waals surface area contributed by atoms with E-state index in [-0.39, 0.29) is 29.8 Å². The Bertz CT molecular complexity index is 321. The molecule has 1 saturated heterocycles. The Morgan fingerprint density at radius 3 is 2.59 bits per heavy atom. The van der Waals surface area contributed by atoms with Gasteiger partial charge in [-0.2, -0.15) is 0 Å². The lowest BCUT2D eigenvalue weighted by Gasteiger charge is -2.40. The third-order valence-corrected chi connectivity index (χ3v) is 4.03. The molecule has 1 atom stereocenters. The van der Waals surface area contributed by atoms with E-state index in [1.165, 1.54) is 32.1 Å².